The van der Waals surface area contributed by atoms with Gasteiger partial charge in [-0.05, 0) is 12.0 Å². The van der Waals surface area contributed by atoms with Crippen molar-refractivity contribution in [1.82, 2.24) is 14.5 Å². The third kappa shape index (κ3) is 4.71. The van der Waals surface area contributed by atoms with E-state index in [0.717, 1.165) is 6.42 Å². The first-order valence-corrected chi connectivity index (χ1v) is 8.83. The van der Waals surface area contributed by atoms with Crippen LogP contribution in [0.3, 0.4) is 0 Å². The van der Waals surface area contributed by atoms with Crippen LogP contribution >= 0.6 is 0 Å². The highest BCUT2D eigenvalue weighted by molar-refractivity contribution is 7.88. The lowest BCUT2D eigenvalue weighted by Gasteiger charge is -2.33. The van der Waals surface area contributed by atoms with Crippen molar-refractivity contribution < 1.29 is 13.2 Å². The van der Waals surface area contributed by atoms with Crippen LogP contribution < -0.4 is 5.32 Å². The molecule has 116 valence electrons. The van der Waals surface area contributed by atoms with Crippen molar-refractivity contribution >= 4 is 16.1 Å². The number of nitrogens with zero attached hydrogens (tertiary/aromatic N) is 2. The van der Waals surface area contributed by atoms with Crippen molar-refractivity contribution in [2.75, 3.05) is 39.0 Å². The highest BCUT2D eigenvalue weighted by Gasteiger charge is 2.25. The summed E-state index contributed by atoms with van der Waals surface area (Å²) in [4.78, 5) is 13.7. The van der Waals surface area contributed by atoms with Crippen LogP contribution in [-0.4, -0.2) is 62.6 Å². The lowest BCUT2D eigenvalue weighted by molar-refractivity contribution is 0.172. The first-order chi connectivity index (χ1) is 9.97. The van der Waals surface area contributed by atoms with Crippen LogP contribution in [-0.2, 0) is 16.4 Å². The molecule has 0 aliphatic carbocycles. The zero-order chi connectivity index (χ0) is 15.3. The molecule has 1 heterocycles. The second-order valence-corrected chi connectivity index (χ2v) is 7.10. The minimum absolute atomic E-state index is 0.126. The Hall–Kier alpha value is -1.60. The fourth-order valence-corrected chi connectivity index (χ4v) is 3.12. The van der Waals surface area contributed by atoms with Gasteiger partial charge < -0.3 is 10.2 Å². The van der Waals surface area contributed by atoms with Crippen molar-refractivity contribution in [2.45, 2.75) is 6.42 Å². The molecular formula is C14H21N3O3S. The molecule has 1 aromatic rings. The van der Waals surface area contributed by atoms with Crippen molar-refractivity contribution in [3.8, 4) is 0 Å². The van der Waals surface area contributed by atoms with Gasteiger partial charge in [0.05, 0.1) is 6.26 Å². The van der Waals surface area contributed by atoms with Crippen LogP contribution in [0, 0.1) is 0 Å². The lowest BCUT2D eigenvalue weighted by atomic mass is 10.1. The number of hydrogen-bond donors (Lipinski definition) is 1. The smallest absolute Gasteiger partial charge is 0.317 e. The second-order valence-electron chi connectivity index (χ2n) is 5.12. The lowest BCUT2D eigenvalue weighted by Crippen LogP contribution is -2.53. The van der Waals surface area contributed by atoms with Crippen molar-refractivity contribution in [1.29, 1.82) is 0 Å². The quantitative estimate of drug-likeness (QED) is 0.881. The van der Waals surface area contributed by atoms with Crippen molar-refractivity contribution in [3.05, 3.63) is 35.9 Å². The van der Waals surface area contributed by atoms with Gasteiger partial charge >= 0.3 is 6.03 Å². The molecule has 0 radical (unpaired) electrons. The average molecular weight is 311 g/mol. The number of amides is 2. The molecule has 7 heteroatoms. The van der Waals surface area contributed by atoms with Crippen LogP contribution in [0.1, 0.15) is 5.56 Å². The average Bonchev–Trinajstić information content (AvgIpc) is 2.47. The first kappa shape index (κ1) is 15.8. The Labute approximate surface area is 125 Å². The summed E-state index contributed by atoms with van der Waals surface area (Å²) in [5.41, 5.74) is 1.18. The summed E-state index contributed by atoms with van der Waals surface area (Å²) in [6.07, 6.45) is 1.98. The number of sulfonamides is 1. The number of carbonyl (C=O) groups is 1. The van der Waals surface area contributed by atoms with Crippen LogP contribution in [0.5, 0.6) is 0 Å². The minimum atomic E-state index is -3.15. The van der Waals surface area contributed by atoms with Gasteiger partial charge in [0.2, 0.25) is 10.0 Å². The van der Waals surface area contributed by atoms with Gasteiger partial charge in [-0.2, -0.15) is 4.31 Å². The maximum absolute atomic E-state index is 12.0. The summed E-state index contributed by atoms with van der Waals surface area (Å²) in [6.45, 7) is 2.18. The topological polar surface area (TPSA) is 69.7 Å². The summed E-state index contributed by atoms with van der Waals surface area (Å²) >= 11 is 0. The van der Waals surface area contributed by atoms with E-state index in [1.54, 1.807) is 4.90 Å². The first-order valence-electron chi connectivity index (χ1n) is 6.98. The fraction of sp³-hybridized carbons (Fsp3) is 0.500. The van der Waals surface area contributed by atoms with E-state index in [1.165, 1.54) is 16.1 Å². The largest absolute Gasteiger partial charge is 0.338 e. The van der Waals surface area contributed by atoms with Gasteiger partial charge in [-0.1, -0.05) is 30.3 Å². The molecule has 0 saturated carbocycles. The number of benzene rings is 1. The number of hydrogen-bond acceptors (Lipinski definition) is 3. The molecule has 0 spiro atoms. The van der Waals surface area contributed by atoms with E-state index in [2.05, 4.69) is 5.32 Å². The summed E-state index contributed by atoms with van der Waals surface area (Å²) in [7, 11) is -3.15. The van der Waals surface area contributed by atoms with Crippen molar-refractivity contribution in [2.24, 2.45) is 0 Å². The second kappa shape index (κ2) is 6.91. The number of urea groups is 1. The highest BCUT2D eigenvalue weighted by atomic mass is 32.2. The molecule has 2 rings (SSSR count). The number of nitrogens with one attached hydrogen (secondary N) is 1. The zero-order valence-corrected chi connectivity index (χ0v) is 13.0. The van der Waals surface area contributed by atoms with Crippen LogP contribution in [0.4, 0.5) is 4.79 Å². The number of carbonyl (C=O) groups excluding carboxylic acids is 1. The molecular weight excluding hydrogens is 290 g/mol. The maximum Gasteiger partial charge on any atom is 0.317 e. The van der Waals surface area contributed by atoms with Gasteiger partial charge in [0, 0.05) is 32.7 Å². The van der Waals surface area contributed by atoms with Gasteiger partial charge in [0.1, 0.15) is 0 Å². The molecule has 6 nitrogen and oxygen atoms in total. The molecule has 0 bridgehead atoms. The maximum atomic E-state index is 12.0. The van der Waals surface area contributed by atoms with E-state index in [0.29, 0.717) is 32.7 Å². The molecule has 21 heavy (non-hydrogen) atoms. The Morgan fingerprint density at radius 2 is 1.76 bits per heavy atom. The van der Waals surface area contributed by atoms with E-state index in [9.17, 15) is 13.2 Å². The Morgan fingerprint density at radius 3 is 2.33 bits per heavy atom. The third-order valence-electron chi connectivity index (χ3n) is 3.53. The van der Waals surface area contributed by atoms with E-state index in [1.807, 2.05) is 30.3 Å². The molecule has 0 aromatic heterocycles. The molecule has 0 unspecified atom stereocenters. The molecule has 2 amide bonds. The predicted molar refractivity (Wildman–Crippen MR) is 81.5 cm³/mol. The van der Waals surface area contributed by atoms with Gasteiger partial charge in [-0.25, -0.2) is 13.2 Å². The molecule has 1 aliphatic heterocycles. The van der Waals surface area contributed by atoms with E-state index >= 15 is 0 Å². The van der Waals surface area contributed by atoms with Gasteiger partial charge in [-0.15, -0.1) is 0 Å². The molecule has 1 aromatic carbocycles. The highest BCUT2D eigenvalue weighted by Crippen LogP contribution is 2.06. The minimum Gasteiger partial charge on any atom is -0.338 e. The van der Waals surface area contributed by atoms with Gasteiger partial charge in [0.25, 0.3) is 0 Å². The Kier molecular flexibility index (Phi) is 5.19. The van der Waals surface area contributed by atoms with E-state index < -0.39 is 10.0 Å². The predicted octanol–water partition coefficient (Wildman–Crippen LogP) is 0.516. The van der Waals surface area contributed by atoms with Gasteiger partial charge in [-0.3, -0.25) is 0 Å². The summed E-state index contributed by atoms with van der Waals surface area (Å²) in [5, 5.41) is 2.87. The molecule has 1 saturated heterocycles. The Balaban J connectivity index is 1.73. The van der Waals surface area contributed by atoms with E-state index in [-0.39, 0.29) is 6.03 Å². The summed E-state index contributed by atoms with van der Waals surface area (Å²) in [6, 6.07) is 9.83. The SMILES string of the molecule is CS(=O)(=O)N1CCN(C(=O)NCCc2ccccc2)CC1. The van der Waals surface area contributed by atoms with Crippen LogP contribution in [0.25, 0.3) is 0 Å². The number of rotatable bonds is 4. The molecule has 1 aliphatic rings. The molecule has 1 fully saturated rings. The normalized spacial score (nSPS) is 16.7. The molecule has 1 N–H and O–H groups in total. The van der Waals surface area contributed by atoms with Crippen LogP contribution in [0.2, 0.25) is 0 Å². The molecule has 0 atom stereocenters. The standard InChI is InChI=1S/C14H21N3O3S/c1-21(19,20)17-11-9-16(10-12-17)14(18)15-8-7-13-5-3-2-4-6-13/h2-6H,7-12H2,1H3,(H,15,18). The van der Waals surface area contributed by atoms with E-state index in [4.69, 9.17) is 0 Å². The summed E-state index contributed by atoms with van der Waals surface area (Å²) in [5.74, 6) is 0. The zero-order valence-electron chi connectivity index (χ0n) is 12.2. The van der Waals surface area contributed by atoms with Gasteiger partial charge in [0.15, 0.2) is 0 Å². The monoisotopic (exact) mass is 311 g/mol. The Bertz CT molecular complexity index is 566. The Morgan fingerprint density at radius 1 is 1.14 bits per heavy atom. The summed E-state index contributed by atoms with van der Waals surface area (Å²) < 4.78 is 24.2. The van der Waals surface area contributed by atoms with Crippen LogP contribution in [0.15, 0.2) is 30.3 Å². The fourth-order valence-electron chi connectivity index (χ4n) is 2.29. The van der Waals surface area contributed by atoms with Crippen molar-refractivity contribution in [3.63, 3.8) is 0 Å². The third-order valence-corrected chi connectivity index (χ3v) is 4.83. The number of piperazine rings is 1.